The molecular weight excluding hydrogens is 564 g/mol. The molecule has 0 saturated carbocycles. The second kappa shape index (κ2) is 13.8. The van der Waals surface area contributed by atoms with Gasteiger partial charge < -0.3 is 14.6 Å². The Kier molecular flexibility index (Phi) is 10.2. The zero-order valence-electron chi connectivity index (χ0n) is 22.6. The summed E-state index contributed by atoms with van der Waals surface area (Å²) in [4.78, 5) is 13.7. The third-order valence-electron chi connectivity index (χ3n) is 6.74. The first kappa shape index (κ1) is 30.3. The van der Waals surface area contributed by atoms with Crippen LogP contribution in [0.1, 0.15) is 28.7 Å². The van der Waals surface area contributed by atoms with Gasteiger partial charge in [0, 0.05) is 24.9 Å². The number of hydrogen-bond acceptors (Lipinski definition) is 7. The Hall–Kier alpha value is -3.68. The summed E-state index contributed by atoms with van der Waals surface area (Å²) in [6.45, 7) is 1.43. The fraction of sp³-hybridized carbons (Fsp3) is 0.290. The number of benzene rings is 3. The molecule has 3 aromatic rings. The molecule has 214 valence electrons. The molecule has 3 aromatic carbocycles. The smallest absolute Gasteiger partial charge is 0.323 e. The van der Waals surface area contributed by atoms with Gasteiger partial charge in [0.25, 0.3) is 0 Å². The second-order valence-electron chi connectivity index (χ2n) is 9.79. The van der Waals surface area contributed by atoms with Crippen molar-refractivity contribution in [1.82, 2.24) is 4.90 Å². The van der Waals surface area contributed by atoms with Crippen molar-refractivity contribution < 1.29 is 27.8 Å². The molecule has 0 unspecified atom stereocenters. The van der Waals surface area contributed by atoms with E-state index in [1.54, 1.807) is 12.1 Å². The molecule has 1 atom stereocenters. The lowest BCUT2D eigenvalue weighted by Gasteiger charge is -2.33. The van der Waals surface area contributed by atoms with Gasteiger partial charge in [0.2, 0.25) is 0 Å². The van der Waals surface area contributed by atoms with Gasteiger partial charge in [-0.3, -0.25) is 9.69 Å². The Morgan fingerprint density at radius 1 is 1.17 bits per heavy atom. The molecule has 8 nitrogen and oxygen atoms in total. The monoisotopic (exact) mass is 594 g/mol. The number of carboxylic acids is 1. The molecular formula is C31H31ClN2O6S. The van der Waals surface area contributed by atoms with Gasteiger partial charge in [-0.2, -0.15) is 5.26 Å². The molecule has 1 heterocycles. The van der Waals surface area contributed by atoms with E-state index >= 15 is 0 Å². The summed E-state index contributed by atoms with van der Waals surface area (Å²) in [6.07, 6.45) is 5.19. The van der Waals surface area contributed by atoms with Crippen LogP contribution in [-0.4, -0.2) is 68.8 Å². The molecule has 41 heavy (non-hydrogen) atoms. The molecule has 10 heteroatoms. The molecule has 0 aliphatic carbocycles. The van der Waals surface area contributed by atoms with Crippen LogP contribution in [0.15, 0.2) is 60.7 Å². The second-order valence-corrected chi connectivity index (χ2v) is 12.5. The lowest BCUT2D eigenvalue weighted by Crippen LogP contribution is -2.49. The highest BCUT2D eigenvalue weighted by Crippen LogP contribution is 2.32. The van der Waals surface area contributed by atoms with Gasteiger partial charge in [0.15, 0.2) is 0 Å². The van der Waals surface area contributed by atoms with Gasteiger partial charge in [-0.1, -0.05) is 72.3 Å². The van der Waals surface area contributed by atoms with E-state index in [1.165, 1.54) is 6.26 Å². The van der Waals surface area contributed by atoms with E-state index in [0.29, 0.717) is 42.5 Å². The van der Waals surface area contributed by atoms with Crippen molar-refractivity contribution in [3.05, 3.63) is 87.9 Å². The summed E-state index contributed by atoms with van der Waals surface area (Å²) < 4.78 is 34.2. The predicted molar refractivity (Wildman–Crippen MR) is 159 cm³/mol. The van der Waals surface area contributed by atoms with E-state index in [-0.39, 0.29) is 19.0 Å². The van der Waals surface area contributed by atoms with Crippen LogP contribution in [0.2, 0.25) is 5.02 Å². The third kappa shape index (κ3) is 8.18. The summed E-state index contributed by atoms with van der Waals surface area (Å²) in [7, 11) is -3.12. The number of morpholine rings is 1. The number of sulfone groups is 1. The van der Waals surface area contributed by atoms with E-state index < -0.39 is 21.8 Å². The summed E-state index contributed by atoms with van der Waals surface area (Å²) in [5.74, 6) is -0.577. The van der Waals surface area contributed by atoms with Crippen molar-refractivity contribution in [2.75, 3.05) is 38.4 Å². The molecule has 1 N–H and O–H groups in total. The van der Waals surface area contributed by atoms with Gasteiger partial charge in [0.05, 0.1) is 36.2 Å². The molecule has 0 aromatic heterocycles. The van der Waals surface area contributed by atoms with E-state index in [1.807, 2.05) is 65.6 Å². The van der Waals surface area contributed by atoms with Gasteiger partial charge in [-0.05, 0) is 40.8 Å². The fourth-order valence-corrected chi connectivity index (χ4v) is 5.54. The first-order chi connectivity index (χ1) is 19.7. The Morgan fingerprint density at radius 2 is 1.93 bits per heavy atom. The quantitative estimate of drug-likeness (QED) is 0.239. The van der Waals surface area contributed by atoms with Crippen molar-refractivity contribution in [2.45, 2.75) is 19.0 Å². The molecule has 0 radical (unpaired) electrons. The molecule has 1 aliphatic heterocycles. The van der Waals surface area contributed by atoms with Crippen LogP contribution in [-0.2, 0) is 25.9 Å². The maximum Gasteiger partial charge on any atom is 0.323 e. The van der Waals surface area contributed by atoms with E-state index in [0.717, 1.165) is 27.8 Å². The van der Waals surface area contributed by atoms with Crippen LogP contribution in [0.5, 0.6) is 5.75 Å². The van der Waals surface area contributed by atoms with Gasteiger partial charge in [-0.25, -0.2) is 8.42 Å². The van der Waals surface area contributed by atoms with Crippen molar-refractivity contribution in [3.63, 3.8) is 0 Å². The van der Waals surface area contributed by atoms with Crippen molar-refractivity contribution in [2.24, 2.45) is 0 Å². The molecule has 0 amide bonds. The first-order valence-electron chi connectivity index (χ1n) is 13.1. The van der Waals surface area contributed by atoms with Gasteiger partial charge >= 0.3 is 5.97 Å². The highest BCUT2D eigenvalue weighted by molar-refractivity contribution is 7.90. The highest BCUT2D eigenvalue weighted by Gasteiger charge is 2.29. The zero-order chi connectivity index (χ0) is 29.4. The number of carboxylic acid groups (broad SMARTS) is 1. The molecule has 4 rings (SSSR count). The summed E-state index contributed by atoms with van der Waals surface area (Å²) in [5.41, 5.74) is 4.52. The Morgan fingerprint density at radius 3 is 2.63 bits per heavy atom. The topological polar surface area (TPSA) is 117 Å². The summed E-state index contributed by atoms with van der Waals surface area (Å²) >= 11 is 6.57. The average Bonchev–Trinajstić information content (AvgIpc) is 2.95. The lowest BCUT2D eigenvalue weighted by atomic mass is 9.95. The van der Waals surface area contributed by atoms with Crippen LogP contribution < -0.4 is 4.74 Å². The van der Waals surface area contributed by atoms with Crippen molar-refractivity contribution >= 4 is 39.6 Å². The number of halogens is 1. The first-order valence-corrected chi connectivity index (χ1v) is 15.5. The number of hydrogen-bond donors (Lipinski definition) is 1. The zero-order valence-corrected chi connectivity index (χ0v) is 24.2. The molecule has 1 saturated heterocycles. The fourth-order valence-electron chi connectivity index (χ4n) is 4.66. The van der Waals surface area contributed by atoms with Crippen molar-refractivity contribution in [1.29, 1.82) is 5.26 Å². The number of nitrogens with zero attached hydrogens (tertiary/aromatic N) is 2. The van der Waals surface area contributed by atoms with Crippen LogP contribution in [0.4, 0.5) is 0 Å². The SMILES string of the molecule is CS(=O)(=O)CCCOc1cc(/C=C/c2cccc(-c3ccccc3)c2C#N)c(CN2CCOC[C@H]2C(=O)O)cc1Cl. The third-order valence-corrected chi connectivity index (χ3v) is 8.07. The lowest BCUT2D eigenvalue weighted by molar-refractivity contribution is -0.150. The van der Waals surface area contributed by atoms with Crippen molar-refractivity contribution in [3.8, 4) is 22.9 Å². The van der Waals surface area contributed by atoms with E-state index in [2.05, 4.69) is 6.07 Å². The standard InChI is InChI=1S/C31H31ClN2O6S/c1-41(37,38)16-6-14-40-30-18-24(25(17-28(30)32)20-34-13-15-39-21-29(34)31(35)36)12-11-23-9-5-10-26(27(23)19-33)22-7-3-2-4-8-22/h2-5,7-12,17-18,29H,6,13-16,20-21H2,1H3,(H,35,36)/b12-11+/t29-/m0/s1. The minimum Gasteiger partial charge on any atom is -0.492 e. The largest absolute Gasteiger partial charge is 0.492 e. The van der Waals surface area contributed by atoms with E-state index in [9.17, 15) is 23.6 Å². The van der Waals surface area contributed by atoms with Crippen LogP contribution >= 0.6 is 11.6 Å². The number of aliphatic carboxylic acids is 1. The van der Waals surface area contributed by atoms with Gasteiger partial charge in [0.1, 0.15) is 27.7 Å². The summed E-state index contributed by atoms with van der Waals surface area (Å²) in [6, 6.07) is 20.4. The Labute approximate surface area is 245 Å². The molecule has 0 bridgehead atoms. The summed E-state index contributed by atoms with van der Waals surface area (Å²) in [5, 5.41) is 20.1. The van der Waals surface area contributed by atoms with Crippen LogP contribution in [0.3, 0.4) is 0 Å². The van der Waals surface area contributed by atoms with Crippen LogP contribution in [0.25, 0.3) is 23.3 Å². The van der Waals surface area contributed by atoms with Gasteiger partial charge in [-0.15, -0.1) is 0 Å². The van der Waals surface area contributed by atoms with Crippen LogP contribution in [0, 0.1) is 11.3 Å². The molecule has 0 spiro atoms. The maximum atomic E-state index is 11.9. The minimum atomic E-state index is -3.12. The number of nitriles is 1. The Bertz CT molecular complexity index is 1570. The van der Waals surface area contributed by atoms with E-state index in [4.69, 9.17) is 21.1 Å². The number of rotatable bonds is 11. The minimum absolute atomic E-state index is 0.00222. The molecule has 1 aliphatic rings. The normalized spacial score (nSPS) is 16.0. The molecule has 1 fully saturated rings. The maximum absolute atomic E-state index is 11.9. The number of ether oxygens (including phenoxy) is 2. The number of carbonyl (C=O) groups is 1. The Balaban J connectivity index is 1.69. The average molecular weight is 595 g/mol. The highest BCUT2D eigenvalue weighted by atomic mass is 35.5. The predicted octanol–water partition coefficient (Wildman–Crippen LogP) is 5.15.